The van der Waals surface area contributed by atoms with Crippen LogP contribution in [-0.2, 0) is 6.54 Å². The van der Waals surface area contributed by atoms with E-state index in [4.69, 9.17) is 9.47 Å². The lowest BCUT2D eigenvalue weighted by atomic mass is 9.98. The van der Waals surface area contributed by atoms with Crippen molar-refractivity contribution in [2.45, 2.75) is 37.9 Å². The first-order valence-electron chi connectivity index (χ1n) is 10.4. The SMILES string of the molecule is CN1CCC(N2CCN(Cc3ccc4c(c3)OCCO4)CC2CCO)CC1. The first kappa shape index (κ1) is 19.0. The van der Waals surface area contributed by atoms with Crippen molar-refractivity contribution < 1.29 is 14.6 Å². The Morgan fingerprint density at radius 1 is 1.04 bits per heavy atom. The maximum atomic E-state index is 9.60. The second-order valence-corrected chi connectivity index (χ2v) is 8.15. The van der Waals surface area contributed by atoms with E-state index in [1.165, 1.54) is 31.5 Å². The van der Waals surface area contributed by atoms with E-state index in [1.54, 1.807) is 0 Å². The molecule has 150 valence electrons. The van der Waals surface area contributed by atoms with Crippen molar-refractivity contribution in [1.29, 1.82) is 0 Å². The van der Waals surface area contributed by atoms with E-state index in [0.29, 0.717) is 25.3 Å². The summed E-state index contributed by atoms with van der Waals surface area (Å²) in [6.45, 7) is 8.05. The standard InChI is InChI=1S/C21H33N3O3/c1-22-7-4-18(5-8-22)24-10-9-23(16-19(24)6-11-25)15-17-2-3-20-21(14-17)27-13-12-26-20/h2-3,14,18-19,25H,4-13,15-16H2,1H3. The Bertz CT molecular complexity index is 619. The Kier molecular flexibility index (Phi) is 6.18. The lowest BCUT2D eigenvalue weighted by Crippen LogP contribution is -2.58. The van der Waals surface area contributed by atoms with Crippen LogP contribution in [0.25, 0.3) is 0 Å². The number of piperidine rings is 1. The molecule has 0 aliphatic carbocycles. The molecule has 0 bridgehead atoms. The van der Waals surface area contributed by atoms with E-state index in [9.17, 15) is 5.11 Å². The summed E-state index contributed by atoms with van der Waals surface area (Å²) in [7, 11) is 2.21. The molecule has 6 heteroatoms. The van der Waals surface area contributed by atoms with Gasteiger partial charge in [-0.1, -0.05) is 6.07 Å². The van der Waals surface area contributed by atoms with Gasteiger partial charge in [-0.2, -0.15) is 0 Å². The maximum absolute atomic E-state index is 9.60. The summed E-state index contributed by atoms with van der Waals surface area (Å²) in [5.41, 5.74) is 1.27. The van der Waals surface area contributed by atoms with E-state index >= 15 is 0 Å². The van der Waals surface area contributed by atoms with Gasteiger partial charge in [0.2, 0.25) is 0 Å². The quantitative estimate of drug-likeness (QED) is 0.840. The third kappa shape index (κ3) is 4.57. The number of nitrogens with zero attached hydrogens (tertiary/aromatic N) is 3. The molecule has 4 rings (SSSR count). The number of ether oxygens (including phenoxy) is 2. The van der Waals surface area contributed by atoms with Gasteiger partial charge >= 0.3 is 0 Å². The zero-order valence-corrected chi connectivity index (χ0v) is 16.5. The van der Waals surface area contributed by atoms with Gasteiger partial charge < -0.3 is 19.5 Å². The molecule has 0 saturated carbocycles. The predicted molar refractivity (Wildman–Crippen MR) is 105 cm³/mol. The smallest absolute Gasteiger partial charge is 0.161 e. The minimum Gasteiger partial charge on any atom is -0.486 e. The molecular formula is C21H33N3O3. The van der Waals surface area contributed by atoms with E-state index < -0.39 is 0 Å². The molecule has 3 heterocycles. The van der Waals surface area contributed by atoms with Crippen molar-refractivity contribution in [1.82, 2.24) is 14.7 Å². The van der Waals surface area contributed by atoms with Gasteiger partial charge in [0.15, 0.2) is 11.5 Å². The second-order valence-electron chi connectivity index (χ2n) is 8.15. The zero-order valence-electron chi connectivity index (χ0n) is 16.5. The third-order valence-electron chi connectivity index (χ3n) is 6.24. The van der Waals surface area contributed by atoms with Crippen LogP contribution in [0, 0.1) is 0 Å². The fourth-order valence-corrected chi connectivity index (χ4v) is 4.74. The average Bonchev–Trinajstić information content (AvgIpc) is 2.69. The number of aliphatic hydroxyl groups excluding tert-OH is 1. The van der Waals surface area contributed by atoms with Gasteiger partial charge in [-0.3, -0.25) is 9.80 Å². The average molecular weight is 376 g/mol. The number of rotatable bonds is 5. The molecule has 3 aliphatic rings. The molecule has 1 unspecified atom stereocenters. The minimum absolute atomic E-state index is 0.269. The van der Waals surface area contributed by atoms with Crippen LogP contribution < -0.4 is 9.47 Å². The first-order valence-corrected chi connectivity index (χ1v) is 10.4. The van der Waals surface area contributed by atoms with Gasteiger partial charge in [0.1, 0.15) is 13.2 Å². The van der Waals surface area contributed by atoms with Crippen LogP contribution in [0.3, 0.4) is 0 Å². The largest absolute Gasteiger partial charge is 0.486 e. The van der Waals surface area contributed by atoms with Crippen LogP contribution >= 0.6 is 0 Å². The number of likely N-dealkylation sites (tertiary alicyclic amines) is 1. The van der Waals surface area contributed by atoms with Gasteiger partial charge in [-0.05, 0) is 57.1 Å². The van der Waals surface area contributed by atoms with Crippen LogP contribution in [0.2, 0.25) is 0 Å². The van der Waals surface area contributed by atoms with Crippen molar-refractivity contribution in [3.63, 3.8) is 0 Å². The maximum Gasteiger partial charge on any atom is 0.161 e. The van der Waals surface area contributed by atoms with Gasteiger partial charge in [0, 0.05) is 44.9 Å². The molecule has 2 saturated heterocycles. The predicted octanol–water partition coefficient (Wildman–Crippen LogP) is 1.42. The molecule has 0 amide bonds. The Morgan fingerprint density at radius 2 is 1.81 bits per heavy atom. The molecule has 0 spiro atoms. The highest BCUT2D eigenvalue weighted by Crippen LogP contribution is 2.31. The molecule has 1 N–H and O–H groups in total. The van der Waals surface area contributed by atoms with Crippen molar-refractivity contribution in [3.05, 3.63) is 23.8 Å². The minimum atomic E-state index is 0.269. The molecule has 1 atom stereocenters. The second kappa shape index (κ2) is 8.78. The lowest BCUT2D eigenvalue weighted by Gasteiger charge is -2.47. The van der Waals surface area contributed by atoms with E-state index in [0.717, 1.165) is 44.1 Å². The van der Waals surface area contributed by atoms with Crippen LogP contribution in [-0.4, -0.2) is 91.5 Å². The van der Waals surface area contributed by atoms with Crippen molar-refractivity contribution in [2.75, 3.05) is 59.6 Å². The van der Waals surface area contributed by atoms with Crippen molar-refractivity contribution in [3.8, 4) is 11.5 Å². The van der Waals surface area contributed by atoms with Crippen LogP contribution in [0.5, 0.6) is 11.5 Å². The molecule has 3 aliphatic heterocycles. The van der Waals surface area contributed by atoms with E-state index in [2.05, 4.69) is 33.9 Å². The van der Waals surface area contributed by atoms with Crippen molar-refractivity contribution >= 4 is 0 Å². The number of hydrogen-bond donors (Lipinski definition) is 1. The number of piperazine rings is 1. The van der Waals surface area contributed by atoms with E-state index in [-0.39, 0.29) is 6.61 Å². The third-order valence-corrected chi connectivity index (χ3v) is 6.24. The van der Waals surface area contributed by atoms with Gasteiger partial charge in [0.25, 0.3) is 0 Å². The van der Waals surface area contributed by atoms with Crippen LogP contribution in [0.1, 0.15) is 24.8 Å². The highest BCUT2D eigenvalue weighted by molar-refractivity contribution is 5.43. The highest BCUT2D eigenvalue weighted by Gasteiger charge is 2.33. The number of hydrogen-bond acceptors (Lipinski definition) is 6. The molecule has 2 fully saturated rings. The summed E-state index contributed by atoms with van der Waals surface area (Å²) in [5.74, 6) is 1.73. The summed E-state index contributed by atoms with van der Waals surface area (Å²) < 4.78 is 11.4. The fourth-order valence-electron chi connectivity index (χ4n) is 4.74. The molecular weight excluding hydrogens is 342 g/mol. The number of aliphatic hydroxyl groups is 1. The molecule has 0 radical (unpaired) electrons. The monoisotopic (exact) mass is 375 g/mol. The normalized spacial score (nSPS) is 25.6. The van der Waals surface area contributed by atoms with Gasteiger partial charge in [-0.15, -0.1) is 0 Å². The first-order chi connectivity index (χ1) is 13.2. The summed E-state index contributed by atoms with van der Waals surface area (Å²) in [5, 5.41) is 9.60. The van der Waals surface area contributed by atoms with E-state index in [1.807, 2.05) is 6.07 Å². The Balaban J connectivity index is 1.38. The van der Waals surface area contributed by atoms with Gasteiger partial charge in [0.05, 0.1) is 0 Å². The lowest BCUT2D eigenvalue weighted by molar-refractivity contribution is 0.00596. The van der Waals surface area contributed by atoms with Gasteiger partial charge in [-0.25, -0.2) is 0 Å². The zero-order chi connectivity index (χ0) is 18.6. The Hall–Kier alpha value is -1.34. The van der Waals surface area contributed by atoms with Crippen molar-refractivity contribution in [2.24, 2.45) is 0 Å². The van der Waals surface area contributed by atoms with Crippen LogP contribution in [0.4, 0.5) is 0 Å². The Morgan fingerprint density at radius 3 is 2.59 bits per heavy atom. The molecule has 27 heavy (non-hydrogen) atoms. The topological polar surface area (TPSA) is 48.4 Å². The summed E-state index contributed by atoms with van der Waals surface area (Å²) in [4.78, 5) is 7.64. The highest BCUT2D eigenvalue weighted by atomic mass is 16.6. The Labute approximate surface area is 162 Å². The molecule has 1 aromatic carbocycles. The molecule has 0 aromatic heterocycles. The summed E-state index contributed by atoms with van der Waals surface area (Å²) >= 11 is 0. The number of fused-ring (bicyclic) bond motifs is 1. The van der Waals surface area contributed by atoms with Crippen LogP contribution in [0.15, 0.2) is 18.2 Å². The summed E-state index contributed by atoms with van der Waals surface area (Å²) in [6.07, 6.45) is 3.37. The fraction of sp³-hybridized carbons (Fsp3) is 0.714. The molecule has 1 aromatic rings. The molecule has 6 nitrogen and oxygen atoms in total. The summed E-state index contributed by atoms with van der Waals surface area (Å²) in [6, 6.07) is 7.43. The number of benzene rings is 1.